The number of carbonyl (C=O) groups excluding carboxylic acids is 1. The van der Waals surface area contributed by atoms with Gasteiger partial charge in [-0.05, 0) is 117 Å². The molecule has 3 aliphatic heterocycles. The number of carbonyl (C=O) groups is 1. The van der Waals surface area contributed by atoms with Gasteiger partial charge in [-0.25, -0.2) is 26.5 Å². The number of benzene rings is 3. The lowest BCUT2D eigenvalue weighted by atomic mass is 9.82. The first-order valence-electron chi connectivity index (χ1n) is 23.3. The SMILES string of the molecule is CC1(C)CC(c2ccc(Cl)cc2)=C(CN2CCN(c3cccc(C(=O)NS(=O)(=O)c4ccc(NC5CCC(C6CNCCO6)CC5)c(S(=O)(=O)C(F)(F)F)c4)c3Oc3cnc4[nH]ccc4c3)CC2)CO1. The molecular formula is C49H55ClF3N7O8S2. The molecule has 5 heterocycles. The third kappa shape index (κ3) is 11.0. The molecule has 0 bridgehead atoms. The van der Waals surface area contributed by atoms with Crippen molar-refractivity contribution in [3.05, 3.63) is 107 Å². The number of para-hydroxylation sites is 1. The standard InChI is InChI=1S/C49H55ClF3N7O8S2/c1-48(2)26-40(31-6-10-35(50)11-7-31)34(30-67-48)29-59-19-21-60(22-20-59)42-5-3-4-39(45(42)68-37-24-33-16-17-55-46(33)56-27-37)47(61)58-70(64,65)38-14-15-41(44(25-38)69(62,63)49(51,52)53)57-36-12-8-32(9-13-36)43-28-54-18-23-66-43/h3-7,10-11,14-17,24-25,27,32,36,43,54,57H,8-9,12-13,18-23,26,28-30H2,1-2H3,(H,55,56)(H,58,61). The van der Waals surface area contributed by atoms with Crippen molar-refractivity contribution in [2.75, 3.05) is 69.2 Å². The molecule has 4 N–H and O–H groups in total. The Bertz CT molecular complexity index is 2980. The summed E-state index contributed by atoms with van der Waals surface area (Å²) < 4.78 is 117. The van der Waals surface area contributed by atoms with E-state index in [-0.39, 0.29) is 40.7 Å². The summed E-state index contributed by atoms with van der Waals surface area (Å²) in [5.74, 6) is -0.679. The van der Waals surface area contributed by atoms with E-state index >= 15 is 0 Å². The van der Waals surface area contributed by atoms with E-state index in [4.69, 9.17) is 25.8 Å². The maximum atomic E-state index is 14.3. The molecule has 9 rings (SSSR count). The average Bonchev–Trinajstić information content (AvgIpc) is 3.81. The summed E-state index contributed by atoms with van der Waals surface area (Å²) >= 11 is 6.23. The van der Waals surface area contributed by atoms with Crippen molar-refractivity contribution < 1.29 is 49.0 Å². The largest absolute Gasteiger partial charge is 0.501 e. The Hall–Kier alpha value is -5.22. The minimum atomic E-state index is -6.07. The second kappa shape index (κ2) is 20.1. The number of alkyl halides is 3. The predicted octanol–water partition coefficient (Wildman–Crippen LogP) is 8.15. The molecule has 1 saturated carbocycles. The van der Waals surface area contributed by atoms with Gasteiger partial charge in [0.2, 0.25) is 0 Å². The van der Waals surface area contributed by atoms with Crippen molar-refractivity contribution in [3.8, 4) is 11.5 Å². The summed E-state index contributed by atoms with van der Waals surface area (Å²) in [7, 11) is -11.1. The van der Waals surface area contributed by atoms with Crippen LogP contribution in [-0.4, -0.2) is 120 Å². The zero-order valence-electron chi connectivity index (χ0n) is 38.7. The molecule has 3 aromatic carbocycles. The first kappa shape index (κ1) is 49.7. The lowest BCUT2D eigenvalue weighted by Crippen LogP contribution is -2.48. The zero-order valence-corrected chi connectivity index (χ0v) is 41.0. The average molecular weight is 1030 g/mol. The number of ether oxygens (including phenoxy) is 3. The van der Waals surface area contributed by atoms with Crippen LogP contribution < -0.4 is 25.0 Å². The van der Waals surface area contributed by atoms with Gasteiger partial charge >= 0.3 is 5.51 Å². The third-order valence-electron chi connectivity index (χ3n) is 13.5. The molecule has 0 radical (unpaired) electrons. The van der Waals surface area contributed by atoms with E-state index in [1.54, 1.807) is 30.5 Å². The number of aromatic nitrogens is 2. The Morgan fingerprint density at radius 2 is 1.73 bits per heavy atom. The normalized spacial score (nSPS) is 21.7. The van der Waals surface area contributed by atoms with E-state index in [0.29, 0.717) is 106 Å². The summed E-state index contributed by atoms with van der Waals surface area (Å²) in [5.41, 5.74) is -2.15. The molecule has 70 heavy (non-hydrogen) atoms. The molecule has 1 unspecified atom stereocenters. The number of amides is 1. The highest BCUT2D eigenvalue weighted by molar-refractivity contribution is 7.92. The molecule has 1 aliphatic carbocycles. The predicted molar refractivity (Wildman–Crippen MR) is 261 cm³/mol. The Labute approximate surface area is 410 Å². The van der Waals surface area contributed by atoms with Crippen LogP contribution in [0.15, 0.2) is 101 Å². The molecule has 4 aliphatic rings. The fraction of sp³-hybridized carbons (Fsp3) is 0.429. The number of fused-ring (bicyclic) bond motifs is 1. The van der Waals surface area contributed by atoms with Crippen molar-refractivity contribution in [1.29, 1.82) is 0 Å². The molecular weight excluding hydrogens is 971 g/mol. The van der Waals surface area contributed by atoms with Crippen LogP contribution in [0.2, 0.25) is 5.02 Å². The van der Waals surface area contributed by atoms with Gasteiger partial charge in [0.15, 0.2) is 5.75 Å². The number of aromatic amines is 1. The van der Waals surface area contributed by atoms with Gasteiger partial charge < -0.3 is 34.7 Å². The van der Waals surface area contributed by atoms with Crippen molar-refractivity contribution in [2.24, 2.45) is 5.92 Å². The van der Waals surface area contributed by atoms with Crippen LogP contribution >= 0.6 is 11.6 Å². The van der Waals surface area contributed by atoms with E-state index in [1.165, 1.54) is 23.4 Å². The minimum absolute atomic E-state index is 0.0110. The van der Waals surface area contributed by atoms with Crippen molar-refractivity contribution in [1.82, 2.24) is 24.9 Å². The number of sulfonamides is 1. The highest BCUT2D eigenvalue weighted by Crippen LogP contribution is 2.41. The van der Waals surface area contributed by atoms with Gasteiger partial charge in [-0.2, -0.15) is 13.2 Å². The van der Waals surface area contributed by atoms with Gasteiger partial charge in [-0.15, -0.1) is 0 Å². The van der Waals surface area contributed by atoms with Crippen LogP contribution in [0, 0.1) is 5.92 Å². The molecule has 5 aromatic rings. The molecule has 1 amide bonds. The molecule has 374 valence electrons. The lowest BCUT2D eigenvalue weighted by molar-refractivity contribution is -0.0436. The van der Waals surface area contributed by atoms with E-state index in [2.05, 4.69) is 39.3 Å². The molecule has 0 spiro atoms. The van der Waals surface area contributed by atoms with Crippen molar-refractivity contribution in [2.45, 2.75) is 79.0 Å². The van der Waals surface area contributed by atoms with Crippen LogP contribution in [0.1, 0.15) is 61.9 Å². The number of anilines is 2. The Morgan fingerprint density at radius 3 is 2.44 bits per heavy atom. The summed E-state index contributed by atoms with van der Waals surface area (Å²) in [6.07, 6.45) is 6.35. The van der Waals surface area contributed by atoms with Crippen LogP contribution in [-0.2, 0) is 29.3 Å². The van der Waals surface area contributed by atoms with E-state index in [0.717, 1.165) is 30.7 Å². The maximum absolute atomic E-state index is 14.3. The minimum Gasteiger partial charge on any atom is -0.453 e. The molecule has 21 heteroatoms. The van der Waals surface area contributed by atoms with Crippen LogP contribution in [0.3, 0.4) is 0 Å². The number of nitrogens with one attached hydrogen (secondary N) is 4. The van der Waals surface area contributed by atoms with Gasteiger partial charge in [-0.1, -0.05) is 29.8 Å². The molecule has 15 nitrogen and oxygen atoms in total. The molecule has 2 aromatic heterocycles. The zero-order chi connectivity index (χ0) is 49.4. The van der Waals surface area contributed by atoms with Crippen LogP contribution in [0.4, 0.5) is 24.5 Å². The fourth-order valence-electron chi connectivity index (χ4n) is 9.76. The topological polar surface area (TPSA) is 184 Å². The quantitative estimate of drug-likeness (QED) is 0.0887. The smallest absolute Gasteiger partial charge is 0.453 e. The monoisotopic (exact) mass is 1030 g/mol. The van der Waals surface area contributed by atoms with Crippen LogP contribution in [0.5, 0.6) is 11.5 Å². The van der Waals surface area contributed by atoms with E-state index in [1.807, 2.05) is 33.9 Å². The highest BCUT2D eigenvalue weighted by atomic mass is 35.5. The van der Waals surface area contributed by atoms with Gasteiger partial charge in [0, 0.05) is 74.9 Å². The van der Waals surface area contributed by atoms with Gasteiger partial charge in [0.1, 0.15) is 16.3 Å². The van der Waals surface area contributed by atoms with Gasteiger partial charge in [0.05, 0.1) is 52.9 Å². The number of morpholine rings is 1. The number of hydrogen-bond acceptors (Lipinski definition) is 13. The van der Waals surface area contributed by atoms with Gasteiger partial charge in [-0.3, -0.25) is 9.69 Å². The highest BCUT2D eigenvalue weighted by Gasteiger charge is 2.49. The van der Waals surface area contributed by atoms with E-state index in [9.17, 15) is 34.8 Å². The molecule has 1 atom stereocenters. The number of H-pyrrole nitrogens is 1. The molecule has 2 saturated heterocycles. The number of rotatable bonds is 13. The molecule has 3 fully saturated rings. The van der Waals surface area contributed by atoms with E-state index < -0.39 is 46.8 Å². The summed E-state index contributed by atoms with van der Waals surface area (Å²) in [6.45, 7) is 9.54. The Kier molecular flexibility index (Phi) is 14.3. The fourth-order valence-corrected chi connectivity index (χ4v) is 11.9. The number of piperazine rings is 1. The first-order valence-corrected chi connectivity index (χ1v) is 26.6. The van der Waals surface area contributed by atoms with Crippen molar-refractivity contribution >= 4 is 65.3 Å². The first-order chi connectivity index (χ1) is 33.3. The summed E-state index contributed by atoms with van der Waals surface area (Å²) in [6, 6.07) is 18.0. The summed E-state index contributed by atoms with van der Waals surface area (Å²) in [5, 5.41) is 7.62. The number of pyridine rings is 1. The number of hydrogen-bond donors (Lipinski definition) is 4. The van der Waals surface area contributed by atoms with Gasteiger partial charge in [0.25, 0.3) is 25.8 Å². The third-order valence-corrected chi connectivity index (χ3v) is 16.6. The number of nitrogens with zero attached hydrogens (tertiary/aromatic N) is 3. The number of sulfone groups is 1. The lowest BCUT2D eigenvalue weighted by Gasteiger charge is -2.39. The van der Waals surface area contributed by atoms with Crippen molar-refractivity contribution in [3.63, 3.8) is 0 Å². The second-order valence-corrected chi connectivity index (χ2v) is 22.9. The number of halogens is 4. The Balaban J connectivity index is 0.965. The van der Waals surface area contributed by atoms with Crippen LogP contribution in [0.25, 0.3) is 16.6 Å². The second-order valence-electron chi connectivity index (χ2n) is 18.8. The maximum Gasteiger partial charge on any atom is 0.501 e. The summed E-state index contributed by atoms with van der Waals surface area (Å²) in [4.78, 5) is 23.9. The Morgan fingerprint density at radius 1 is 0.971 bits per heavy atom.